The van der Waals surface area contributed by atoms with Gasteiger partial charge in [0.2, 0.25) is 5.91 Å². The Balaban J connectivity index is 1.54. The van der Waals surface area contributed by atoms with Crippen LogP contribution in [0.2, 0.25) is 0 Å². The predicted octanol–water partition coefficient (Wildman–Crippen LogP) is 3.51. The van der Waals surface area contributed by atoms with E-state index in [9.17, 15) is 9.59 Å². The van der Waals surface area contributed by atoms with Crippen molar-refractivity contribution in [1.82, 2.24) is 16.2 Å². The number of thiocarbonyl (C=S) groups is 1. The molecule has 3 aromatic carbocycles. The molecule has 0 saturated carbocycles. The maximum atomic E-state index is 12.5. The zero-order chi connectivity index (χ0) is 21.3. The number of nitrogens with one attached hydrogen (secondary N) is 3. The molecule has 0 bridgehead atoms. The van der Waals surface area contributed by atoms with E-state index < -0.39 is 5.91 Å². The number of rotatable bonds is 6. The van der Waals surface area contributed by atoms with Crippen LogP contribution in [0.25, 0.3) is 10.8 Å². The molecule has 0 fully saturated rings. The van der Waals surface area contributed by atoms with Gasteiger partial charge in [-0.05, 0) is 47.1 Å². The van der Waals surface area contributed by atoms with Gasteiger partial charge in [0.15, 0.2) is 5.11 Å². The van der Waals surface area contributed by atoms with Crippen molar-refractivity contribution in [3.05, 3.63) is 77.9 Å². The normalized spacial score (nSPS) is 10.3. The lowest BCUT2D eigenvalue weighted by atomic mass is 10.0. The number of hydrazine groups is 1. The maximum absolute atomic E-state index is 12.5. The molecule has 0 aliphatic rings. The van der Waals surface area contributed by atoms with E-state index in [-0.39, 0.29) is 17.4 Å². The number of fused-ring (bicyclic) bond motifs is 1. The van der Waals surface area contributed by atoms with Crippen LogP contribution < -0.4 is 20.9 Å². The van der Waals surface area contributed by atoms with Gasteiger partial charge in [-0.2, -0.15) is 0 Å². The number of hydrogen-bond acceptors (Lipinski definition) is 4. The number of para-hydroxylation sites is 1. The monoisotopic (exact) mass is 421 g/mol. The Morgan fingerprint density at radius 1 is 0.933 bits per heavy atom. The van der Waals surface area contributed by atoms with Crippen LogP contribution >= 0.6 is 12.2 Å². The molecule has 0 aliphatic heterocycles. The first-order valence-electron chi connectivity index (χ1n) is 9.67. The Labute approximate surface area is 180 Å². The van der Waals surface area contributed by atoms with Crippen LogP contribution in [0.4, 0.5) is 0 Å². The SMILES string of the molecule is CCCOc1ccccc1C(=O)NC(=S)NNC(=O)Cc1cccc2ccccc12. The molecule has 154 valence electrons. The van der Waals surface area contributed by atoms with Gasteiger partial charge in [-0.3, -0.25) is 25.8 Å². The van der Waals surface area contributed by atoms with E-state index in [1.807, 2.05) is 49.4 Å². The summed E-state index contributed by atoms with van der Waals surface area (Å²) in [5.41, 5.74) is 6.38. The first-order valence-corrected chi connectivity index (χ1v) is 10.1. The Hall–Kier alpha value is -3.45. The highest BCUT2D eigenvalue weighted by atomic mass is 32.1. The first kappa shape index (κ1) is 21.3. The third-order valence-electron chi connectivity index (χ3n) is 4.37. The fourth-order valence-electron chi connectivity index (χ4n) is 2.98. The molecule has 0 saturated heterocycles. The zero-order valence-electron chi connectivity index (χ0n) is 16.6. The van der Waals surface area contributed by atoms with Gasteiger partial charge >= 0.3 is 0 Å². The summed E-state index contributed by atoms with van der Waals surface area (Å²) >= 11 is 5.12. The number of ether oxygens (including phenoxy) is 1. The van der Waals surface area contributed by atoms with Crippen LogP contribution in [-0.4, -0.2) is 23.5 Å². The summed E-state index contributed by atoms with van der Waals surface area (Å²) in [5.74, 6) is -0.197. The number of hydrogen-bond donors (Lipinski definition) is 3. The molecule has 0 atom stereocenters. The second kappa shape index (κ2) is 10.4. The molecule has 0 aromatic heterocycles. The summed E-state index contributed by atoms with van der Waals surface area (Å²) in [4.78, 5) is 24.8. The molecule has 7 heteroatoms. The lowest BCUT2D eigenvalue weighted by Gasteiger charge is -2.13. The zero-order valence-corrected chi connectivity index (χ0v) is 17.4. The molecule has 0 spiro atoms. The Morgan fingerprint density at radius 2 is 1.67 bits per heavy atom. The minimum Gasteiger partial charge on any atom is -0.493 e. The van der Waals surface area contributed by atoms with Crippen molar-refractivity contribution in [2.45, 2.75) is 19.8 Å². The van der Waals surface area contributed by atoms with Crippen molar-refractivity contribution in [3.8, 4) is 5.75 Å². The van der Waals surface area contributed by atoms with Crippen LogP contribution in [0.1, 0.15) is 29.3 Å². The molecule has 6 nitrogen and oxygen atoms in total. The minimum absolute atomic E-state index is 0.00318. The van der Waals surface area contributed by atoms with Crippen molar-refractivity contribution in [3.63, 3.8) is 0 Å². The van der Waals surface area contributed by atoms with E-state index in [0.29, 0.717) is 17.9 Å². The van der Waals surface area contributed by atoms with Crippen LogP contribution in [0.3, 0.4) is 0 Å². The van der Waals surface area contributed by atoms with Gasteiger partial charge in [0, 0.05) is 0 Å². The highest BCUT2D eigenvalue weighted by Crippen LogP contribution is 2.19. The van der Waals surface area contributed by atoms with Crippen LogP contribution in [0.5, 0.6) is 5.75 Å². The topological polar surface area (TPSA) is 79.5 Å². The Bertz CT molecular complexity index is 1060. The summed E-state index contributed by atoms with van der Waals surface area (Å²) in [6.45, 7) is 2.50. The van der Waals surface area contributed by atoms with E-state index in [0.717, 1.165) is 22.8 Å². The second-order valence-corrected chi connectivity index (χ2v) is 7.02. The number of carbonyl (C=O) groups is 2. The molecule has 0 radical (unpaired) electrons. The minimum atomic E-state index is -0.414. The summed E-state index contributed by atoms with van der Waals surface area (Å²) in [6, 6.07) is 20.6. The van der Waals surface area contributed by atoms with Crippen molar-refractivity contribution in [1.29, 1.82) is 0 Å². The van der Waals surface area contributed by atoms with Gasteiger partial charge in [-0.1, -0.05) is 61.5 Å². The molecule has 3 rings (SSSR count). The van der Waals surface area contributed by atoms with Crippen molar-refractivity contribution < 1.29 is 14.3 Å². The first-order chi connectivity index (χ1) is 14.6. The van der Waals surface area contributed by atoms with Crippen molar-refractivity contribution in [2.24, 2.45) is 0 Å². The van der Waals surface area contributed by atoms with Gasteiger partial charge in [-0.25, -0.2) is 0 Å². The van der Waals surface area contributed by atoms with Gasteiger partial charge < -0.3 is 4.74 Å². The lowest BCUT2D eigenvalue weighted by molar-refractivity contribution is -0.121. The van der Waals surface area contributed by atoms with Crippen LogP contribution in [0, 0.1) is 0 Å². The standard InChI is InChI=1S/C23H23N3O3S/c1-2-14-29-20-13-6-5-12-19(20)22(28)24-23(30)26-25-21(27)15-17-10-7-9-16-8-3-4-11-18(16)17/h3-13H,2,14-15H2,1H3,(H,25,27)(H2,24,26,28,30). The van der Waals surface area contributed by atoms with Gasteiger partial charge in [0.05, 0.1) is 18.6 Å². The fourth-order valence-corrected chi connectivity index (χ4v) is 3.13. The lowest BCUT2D eigenvalue weighted by Crippen LogP contribution is -2.48. The predicted molar refractivity (Wildman–Crippen MR) is 121 cm³/mol. The van der Waals surface area contributed by atoms with E-state index in [4.69, 9.17) is 17.0 Å². The quantitative estimate of drug-likeness (QED) is 0.419. The summed E-state index contributed by atoms with van der Waals surface area (Å²) in [6.07, 6.45) is 1.01. The summed E-state index contributed by atoms with van der Waals surface area (Å²) < 4.78 is 5.59. The summed E-state index contributed by atoms with van der Waals surface area (Å²) in [5, 5.41) is 4.64. The molecule has 0 aliphatic carbocycles. The van der Waals surface area contributed by atoms with E-state index in [1.165, 1.54) is 0 Å². The number of carbonyl (C=O) groups excluding carboxylic acids is 2. The molecule has 30 heavy (non-hydrogen) atoms. The second-order valence-electron chi connectivity index (χ2n) is 6.62. The smallest absolute Gasteiger partial charge is 0.261 e. The van der Waals surface area contributed by atoms with Crippen LogP contribution in [-0.2, 0) is 11.2 Å². The highest BCUT2D eigenvalue weighted by molar-refractivity contribution is 7.80. The van der Waals surface area contributed by atoms with Crippen molar-refractivity contribution >= 4 is 39.9 Å². The molecule has 2 amide bonds. The van der Waals surface area contributed by atoms with E-state index in [1.54, 1.807) is 24.3 Å². The van der Waals surface area contributed by atoms with Gasteiger partial charge in [-0.15, -0.1) is 0 Å². The molecule has 0 unspecified atom stereocenters. The molecular weight excluding hydrogens is 398 g/mol. The molecule has 3 N–H and O–H groups in total. The molecular formula is C23H23N3O3S. The Kier molecular flexibility index (Phi) is 7.34. The Morgan fingerprint density at radius 3 is 2.50 bits per heavy atom. The third-order valence-corrected chi connectivity index (χ3v) is 4.57. The average molecular weight is 422 g/mol. The van der Waals surface area contributed by atoms with Crippen molar-refractivity contribution in [2.75, 3.05) is 6.61 Å². The largest absolute Gasteiger partial charge is 0.493 e. The third kappa shape index (κ3) is 5.55. The highest BCUT2D eigenvalue weighted by Gasteiger charge is 2.14. The maximum Gasteiger partial charge on any atom is 0.261 e. The average Bonchev–Trinajstić information content (AvgIpc) is 2.76. The van der Waals surface area contributed by atoms with E-state index in [2.05, 4.69) is 16.2 Å². The fraction of sp³-hybridized carbons (Fsp3) is 0.174. The molecule has 0 heterocycles. The van der Waals surface area contributed by atoms with E-state index >= 15 is 0 Å². The summed E-state index contributed by atoms with van der Waals surface area (Å²) in [7, 11) is 0. The van der Waals surface area contributed by atoms with Crippen LogP contribution in [0.15, 0.2) is 66.7 Å². The number of amides is 2. The van der Waals surface area contributed by atoms with Gasteiger partial charge in [0.25, 0.3) is 5.91 Å². The number of benzene rings is 3. The molecule has 3 aromatic rings. The van der Waals surface area contributed by atoms with Gasteiger partial charge in [0.1, 0.15) is 5.75 Å².